The summed E-state index contributed by atoms with van der Waals surface area (Å²) in [6.07, 6.45) is 0. The Bertz CT molecular complexity index is 586. The zero-order valence-corrected chi connectivity index (χ0v) is 12.1. The summed E-state index contributed by atoms with van der Waals surface area (Å²) in [5.74, 6) is -0.253. The Balaban J connectivity index is 2.41. The van der Waals surface area contributed by atoms with Crippen molar-refractivity contribution >= 4 is 27.5 Å². The molecule has 0 saturated heterocycles. The number of aryl methyl sites for hydroxylation is 1. The fraction of sp³-hybridized carbons (Fsp3) is 0.143. The van der Waals surface area contributed by atoms with Crippen LogP contribution in [0.2, 0.25) is 5.02 Å². The zero-order chi connectivity index (χ0) is 13.3. The molecule has 0 saturated carbocycles. The van der Waals surface area contributed by atoms with Crippen molar-refractivity contribution < 1.29 is 4.39 Å². The van der Waals surface area contributed by atoms with Crippen molar-refractivity contribution in [2.75, 3.05) is 0 Å². The molecule has 0 radical (unpaired) electrons. The monoisotopic (exact) mass is 327 g/mol. The summed E-state index contributed by atoms with van der Waals surface area (Å²) < 4.78 is 13.9. The van der Waals surface area contributed by atoms with Gasteiger partial charge in [0.1, 0.15) is 5.82 Å². The Morgan fingerprint density at radius 3 is 2.56 bits per heavy atom. The van der Waals surface area contributed by atoms with E-state index in [4.69, 9.17) is 17.3 Å². The third kappa shape index (κ3) is 2.74. The lowest BCUT2D eigenvalue weighted by atomic mass is 9.96. The molecule has 0 aromatic heterocycles. The molecule has 2 rings (SSSR count). The van der Waals surface area contributed by atoms with E-state index in [2.05, 4.69) is 15.9 Å². The van der Waals surface area contributed by atoms with Crippen LogP contribution in [0.4, 0.5) is 4.39 Å². The zero-order valence-electron chi connectivity index (χ0n) is 9.75. The number of nitrogens with two attached hydrogens (primary N) is 1. The van der Waals surface area contributed by atoms with Crippen LogP contribution in [0.15, 0.2) is 40.9 Å². The standard InChI is InChI=1S/C14H12BrClFN/c1-8-6-10(17)3-4-11(8)14(18)9-2-5-12(15)13(16)7-9/h2-7,14H,18H2,1H3. The van der Waals surface area contributed by atoms with Gasteiger partial charge < -0.3 is 5.73 Å². The summed E-state index contributed by atoms with van der Waals surface area (Å²) in [6.45, 7) is 1.85. The molecule has 2 aromatic carbocycles. The molecule has 0 aliphatic carbocycles. The van der Waals surface area contributed by atoms with Crippen molar-refractivity contribution in [1.29, 1.82) is 0 Å². The van der Waals surface area contributed by atoms with Gasteiger partial charge in [0, 0.05) is 4.47 Å². The Kier molecular flexibility index (Phi) is 4.05. The first-order valence-electron chi connectivity index (χ1n) is 5.45. The van der Waals surface area contributed by atoms with Gasteiger partial charge in [-0.2, -0.15) is 0 Å². The van der Waals surface area contributed by atoms with Gasteiger partial charge in [0.05, 0.1) is 11.1 Å². The average Bonchev–Trinajstić information content (AvgIpc) is 2.32. The predicted molar refractivity (Wildman–Crippen MR) is 76.3 cm³/mol. The van der Waals surface area contributed by atoms with E-state index in [0.29, 0.717) is 5.02 Å². The molecule has 94 valence electrons. The lowest BCUT2D eigenvalue weighted by Gasteiger charge is -2.16. The predicted octanol–water partition coefficient (Wildman–Crippen LogP) is 4.60. The van der Waals surface area contributed by atoms with Crippen molar-refractivity contribution in [2.24, 2.45) is 5.73 Å². The molecule has 0 aliphatic heterocycles. The number of halogens is 3. The minimum absolute atomic E-state index is 0.253. The van der Waals surface area contributed by atoms with Gasteiger partial charge in [-0.15, -0.1) is 0 Å². The van der Waals surface area contributed by atoms with Crippen LogP contribution < -0.4 is 5.73 Å². The molecule has 0 spiro atoms. The highest BCUT2D eigenvalue weighted by atomic mass is 79.9. The molecular weight excluding hydrogens is 317 g/mol. The first-order valence-corrected chi connectivity index (χ1v) is 6.62. The molecule has 18 heavy (non-hydrogen) atoms. The molecule has 0 aliphatic rings. The molecule has 1 nitrogen and oxygen atoms in total. The van der Waals surface area contributed by atoms with E-state index in [0.717, 1.165) is 21.2 Å². The van der Waals surface area contributed by atoms with Crippen molar-refractivity contribution in [2.45, 2.75) is 13.0 Å². The number of hydrogen-bond donors (Lipinski definition) is 1. The molecule has 0 heterocycles. The second kappa shape index (κ2) is 5.39. The molecule has 0 fully saturated rings. The summed E-state index contributed by atoms with van der Waals surface area (Å²) in [6, 6.07) is 9.89. The van der Waals surface area contributed by atoms with E-state index < -0.39 is 0 Å². The van der Waals surface area contributed by atoms with Crippen LogP contribution in [-0.4, -0.2) is 0 Å². The lowest BCUT2D eigenvalue weighted by molar-refractivity contribution is 0.624. The Hall–Kier alpha value is -0.900. The van der Waals surface area contributed by atoms with Crippen molar-refractivity contribution in [3.63, 3.8) is 0 Å². The van der Waals surface area contributed by atoms with E-state index in [1.165, 1.54) is 12.1 Å². The fourth-order valence-corrected chi connectivity index (χ4v) is 2.31. The minimum atomic E-state index is -0.309. The van der Waals surface area contributed by atoms with Gasteiger partial charge in [-0.05, 0) is 63.8 Å². The topological polar surface area (TPSA) is 26.0 Å². The summed E-state index contributed by atoms with van der Waals surface area (Å²) in [5, 5.41) is 0.614. The van der Waals surface area contributed by atoms with Crippen molar-refractivity contribution in [1.82, 2.24) is 0 Å². The van der Waals surface area contributed by atoms with Gasteiger partial charge in [0.2, 0.25) is 0 Å². The molecule has 2 aromatic rings. The Morgan fingerprint density at radius 1 is 1.22 bits per heavy atom. The maximum Gasteiger partial charge on any atom is 0.123 e. The van der Waals surface area contributed by atoms with Crippen LogP contribution in [0.5, 0.6) is 0 Å². The molecule has 1 unspecified atom stereocenters. The molecule has 2 N–H and O–H groups in total. The van der Waals surface area contributed by atoms with Crippen LogP contribution in [-0.2, 0) is 0 Å². The SMILES string of the molecule is Cc1cc(F)ccc1C(N)c1ccc(Br)c(Cl)c1. The van der Waals surface area contributed by atoms with Gasteiger partial charge >= 0.3 is 0 Å². The minimum Gasteiger partial charge on any atom is -0.320 e. The van der Waals surface area contributed by atoms with Crippen LogP contribution in [0.1, 0.15) is 22.7 Å². The van der Waals surface area contributed by atoms with Crippen LogP contribution >= 0.6 is 27.5 Å². The Morgan fingerprint density at radius 2 is 1.94 bits per heavy atom. The largest absolute Gasteiger partial charge is 0.320 e. The van der Waals surface area contributed by atoms with E-state index in [1.54, 1.807) is 6.07 Å². The second-order valence-corrected chi connectivity index (χ2v) is 5.41. The van der Waals surface area contributed by atoms with E-state index in [1.807, 2.05) is 25.1 Å². The Labute approximate surface area is 119 Å². The van der Waals surface area contributed by atoms with Crippen LogP contribution in [0.3, 0.4) is 0 Å². The maximum absolute atomic E-state index is 13.1. The highest BCUT2D eigenvalue weighted by molar-refractivity contribution is 9.10. The van der Waals surface area contributed by atoms with E-state index >= 15 is 0 Å². The summed E-state index contributed by atoms with van der Waals surface area (Å²) >= 11 is 9.38. The normalized spacial score (nSPS) is 12.5. The summed E-state index contributed by atoms with van der Waals surface area (Å²) in [7, 11) is 0. The highest BCUT2D eigenvalue weighted by Crippen LogP contribution is 2.29. The number of hydrogen-bond acceptors (Lipinski definition) is 1. The fourth-order valence-electron chi connectivity index (χ4n) is 1.87. The molecule has 0 amide bonds. The van der Waals surface area contributed by atoms with Crippen molar-refractivity contribution in [3.05, 3.63) is 68.4 Å². The van der Waals surface area contributed by atoms with Gasteiger partial charge in [0.25, 0.3) is 0 Å². The van der Waals surface area contributed by atoms with Gasteiger partial charge in [0.15, 0.2) is 0 Å². The van der Waals surface area contributed by atoms with Crippen molar-refractivity contribution in [3.8, 4) is 0 Å². The van der Waals surface area contributed by atoms with E-state index in [9.17, 15) is 4.39 Å². The van der Waals surface area contributed by atoms with Gasteiger partial charge in [-0.3, -0.25) is 0 Å². The summed E-state index contributed by atoms with van der Waals surface area (Å²) in [4.78, 5) is 0. The van der Waals surface area contributed by atoms with Gasteiger partial charge in [-0.25, -0.2) is 4.39 Å². The second-order valence-electron chi connectivity index (χ2n) is 4.15. The first-order chi connectivity index (χ1) is 8.49. The number of benzene rings is 2. The van der Waals surface area contributed by atoms with Crippen LogP contribution in [0.25, 0.3) is 0 Å². The number of rotatable bonds is 2. The molecule has 1 atom stereocenters. The quantitative estimate of drug-likeness (QED) is 0.856. The molecular formula is C14H12BrClFN. The smallest absolute Gasteiger partial charge is 0.123 e. The third-order valence-corrected chi connectivity index (χ3v) is 4.10. The molecule has 0 bridgehead atoms. The summed E-state index contributed by atoms with van der Waals surface area (Å²) in [5.41, 5.74) is 8.82. The first kappa shape index (κ1) is 13.5. The highest BCUT2D eigenvalue weighted by Gasteiger charge is 2.13. The maximum atomic E-state index is 13.1. The molecule has 4 heteroatoms. The third-order valence-electron chi connectivity index (χ3n) is 2.87. The van der Waals surface area contributed by atoms with E-state index in [-0.39, 0.29) is 11.9 Å². The van der Waals surface area contributed by atoms with Crippen LogP contribution in [0, 0.1) is 12.7 Å². The average molecular weight is 329 g/mol. The lowest BCUT2D eigenvalue weighted by Crippen LogP contribution is -2.13. The van der Waals surface area contributed by atoms with Gasteiger partial charge in [-0.1, -0.05) is 23.7 Å².